The minimum absolute atomic E-state index is 0.223. The van der Waals surface area contributed by atoms with Gasteiger partial charge in [-0.05, 0) is 48.9 Å². The van der Waals surface area contributed by atoms with Gasteiger partial charge in [0.25, 0.3) is 0 Å². The molecule has 7 heteroatoms. The van der Waals surface area contributed by atoms with Crippen LogP contribution in [-0.2, 0) is 6.61 Å². The summed E-state index contributed by atoms with van der Waals surface area (Å²) in [6, 6.07) is 20.7. The molecule has 0 unspecified atom stereocenters. The van der Waals surface area contributed by atoms with Gasteiger partial charge in [0.2, 0.25) is 0 Å². The van der Waals surface area contributed by atoms with Crippen molar-refractivity contribution in [2.45, 2.75) is 13.5 Å². The summed E-state index contributed by atoms with van der Waals surface area (Å²) in [6.45, 7) is 2.24. The molecule has 0 aliphatic rings. The zero-order valence-electron chi connectivity index (χ0n) is 16.3. The number of aryl methyl sites for hydroxylation is 1. The van der Waals surface area contributed by atoms with Crippen molar-refractivity contribution in [3.63, 3.8) is 0 Å². The number of aromatic carboxylic acids is 1. The fourth-order valence-corrected chi connectivity index (χ4v) is 2.58. The van der Waals surface area contributed by atoms with E-state index in [4.69, 9.17) is 9.84 Å². The van der Waals surface area contributed by atoms with Crippen molar-refractivity contribution < 1.29 is 19.4 Å². The number of nitrogens with one attached hydrogen (secondary N) is 2. The summed E-state index contributed by atoms with van der Waals surface area (Å²) in [4.78, 5) is 22.9. The highest BCUT2D eigenvalue weighted by molar-refractivity contribution is 5.91. The van der Waals surface area contributed by atoms with Crippen molar-refractivity contribution in [1.82, 2.24) is 5.43 Å². The molecule has 0 heterocycles. The maximum absolute atomic E-state index is 11.9. The molecule has 0 spiro atoms. The fraction of sp³-hybridized carbons (Fsp3) is 0.0870. The van der Waals surface area contributed by atoms with Crippen LogP contribution in [-0.4, -0.2) is 23.3 Å². The van der Waals surface area contributed by atoms with Crippen molar-refractivity contribution >= 4 is 23.9 Å². The monoisotopic (exact) mass is 403 g/mol. The highest BCUT2D eigenvalue weighted by Crippen LogP contribution is 2.18. The summed E-state index contributed by atoms with van der Waals surface area (Å²) >= 11 is 0. The predicted molar refractivity (Wildman–Crippen MR) is 115 cm³/mol. The summed E-state index contributed by atoms with van der Waals surface area (Å²) in [6.07, 6.45) is 1.50. The molecule has 2 amide bonds. The number of carboxylic acids is 1. The van der Waals surface area contributed by atoms with Crippen molar-refractivity contribution in [3.8, 4) is 5.75 Å². The van der Waals surface area contributed by atoms with Crippen molar-refractivity contribution in [1.29, 1.82) is 0 Å². The molecule has 3 rings (SSSR count). The number of benzene rings is 3. The Bertz CT molecular complexity index is 1040. The molecule has 3 aromatic carbocycles. The molecule has 0 saturated heterocycles. The van der Waals surface area contributed by atoms with Crippen molar-refractivity contribution in [2.24, 2.45) is 5.10 Å². The number of amides is 2. The van der Waals surface area contributed by atoms with E-state index in [0.717, 1.165) is 11.1 Å². The van der Waals surface area contributed by atoms with Crippen molar-refractivity contribution in [2.75, 3.05) is 5.32 Å². The quantitative estimate of drug-likeness (QED) is 0.401. The van der Waals surface area contributed by atoms with Crippen LogP contribution in [0.15, 0.2) is 77.9 Å². The van der Waals surface area contributed by atoms with Crippen LogP contribution in [0.2, 0.25) is 0 Å². The van der Waals surface area contributed by atoms with E-state index in [-0.39, 0.29) is 12.2 Å². The largest absolute Gasteiger partial charge is 0.488 e. The molecule has 152 valence electrons. The number of carbonyl (C=O) groups excluding carboxylic acids is 1. The molecule has 3 N–H and O–H groups in total. The Morgan fingerprint density at radius 1 is 1.00 bits per heavy atom. The van der Waals surface area contributed by atoms with E-state index >= 15 is 0 Å². The van der Waals surface area contributed by atoms with Gasteiger partial charge in [0.05, 0.1) is 11.8 Å². The number of hydrogen-bond donors (Lipinski definition) is 3. The summed E-state index contributed by atoms with van der Waals surface area (Å²) in [5, 5.41) is 15.6. The number of rotatable bonds is 7. The topological polar surface area (TPSA) is 100 Å². The van der Waals surface area contributed by atoms with E-state index in [0.29, 0.717) is 17.0 Å². The summed E-state index contributed by atoms with van der Waals surface area (Å²) < 4.78 is 5.82. The number of carboxylic acid groups (broad SMARTS) is 1. The first-order chi connectivity index (χ1) is 14.5. The smallest absolute Gasteiger partial charge is 0.339 e. The Morgan fingerprint density at radius 3 is 2.40 bits per heavy atom. The lowest BCUT2D eigenvalue weighted by atomic mass is 10.1. The van der Waals surface area contributed by atoms with Crippen LogP contribution in [0.4, 0.5) is 10.5 Å². The van der Waals surface area contributed by atoms with Crippen LogP contribution in [0.25, 0.3) is 0 Å². The number of carbonyl (C=O) groups is 2. The maximum atomic E-state index is 11.9. The minimum atomic E-state index is -0.969. The van der Waals surface area contributed by atoms with Gasteiger partial charge < -0.3 is 15.2 Å². The summed E-state index contributed by atoms with van der Waals surface area (Å²) in [5.74, 6) is -0.382. The van der Waals surface area contributed by atoms with Gasteiger partial charge in [-0.1, -0.05) is 42.0 Å². The lowest BCUT2D eigenvalue weighted by Gasteiger charge is -2.09. The molecule has 0 atom stereocenters. The first kappa shape index (κ1) is 20.6. The van der Waals surface area contributed by atoms with E-state index in [2.05, 4.69) is 15.8 Å². The van der Waals surface area contributed by atoms with E-state index in [1.165, 1.54) is 18.3 Å². The maximum Gasteiger partial charge on any atom is 0.339 e. The highest BCUT2D eigenvalue weighted by atomic mass is 16.5. The van der Waals surface area contributed by atoms with Crippen LogP contribution in [0.1, 0.15) is 27.0 Å². The van der Waals surface area contributed by atoms with Gasteiger partial charge >= 0.3 is 12.0 Å². The van der Waals surface area contributed by atoms with E-state index in [1.54, 1.807) is 18.2 Å². The third-order valence-electron chi connectivity index (χ3n) is 4.19. The molecule has 7 nitrogen and oxygen atoms in total. The standard InChI is InChI=1S/C23H21N3O4/c1-16-6-12-20(13-7-16)25-23(29)26-24-14-19-4-2-3-5-21(19)30-15-17-8-10-18(11-9-17)22(27)28/h2-14H,15H2,1H3,(H,27,28)(H2,25,26,29)/b24-14-. The molecule has 0 radical (unpaired) electrons. The normalized spacial score (nSPS) is 10.6. The molecule has 3 aromatic rings. The Labute approximate surface area is 174 Å². The first-order valence-electron chi connectivity index (χ1n) is 9.22. The minimum Gasteiger partial charge on any atom is -0.488 e. The number of hydrazone groups is 1. The van der Waals surface area contributed by atoms with Crippen LogP contribution < -0.4 is 15.5 Å². The van der Waals surface area contributed by atoms with Gasteiger partial charge in [0, 0.05) is 11.3 Å². The van der Waals surface area contributed by atoms with Crippen molar-refractivity contribution in [3.05, 3.63) is 95.1 Å². The molecule has 0 aromatic heterocycles. The lowest BCUT2D eigenvalue weighted by Crippen LogP contribution is -2.24. The molecule has 0 bridgehead atoms. The highest BCUT2D eigenvalue weighted by Gasteiger charge is 2.05. The summed E-state index contributed by atoms with van der Waals surface area (Å²) in [5.41, 5.74) is 5.95. The first-order valence-corrected chi connectivity index (χ1v) is 9.22. The second kappa shape index (κ2) is 9.88. The van der Waals surface area contributed by atoms with Gasteiger partial charge in [-0.2, -0.15) is 5.10 Å². The van der Waals surface area contributed by atoms with Crippen LogP contribution in [0, 0.1) is 6.92 Å². The average Bonchev–Trinajstić information content (AvgIpc) is 2.75. The number of ether oxygens (including phenoxy) is 1. The second-order valence-electron chi connectivity index (χ2n) is 6.52. The SMILES string of the molecule is Cc1ccc(NC(=O)N/N=C\c2ccccc2OCc2ccc(C(=O)O)cc2)cc1. The molecule has 0 aliphatic heterocycles. The Balaban J connectivity index is 1.57. The third-order valence-corrected chi connectivity index (χ3v) is 4.19. The number of anilines is 1. The third kappa shape index (κ3) is 5.93. The average molecular weight is 403 g/mol. The summed E-state index contributed by atoms with van der Waals surface area (Å²) in [7, 11) is 0. The molecule has 0 fully saturated rings. The second-order valence-corrected chi connectivity index (χ2v) is 6.52. The van der Waals surface area contributed by atoms with Crippen LogP contribution in [0.3, 0.4) is 0 Å². The van der Waals surface area contributed by atoms with E-state index in [1.807, 2.05) is 49.4 Å². The van der Waals surface area contributed by atoms with E-state index in [9.17, 15) is 9.59 Å². The predicted octanol–water partition coefficient (Wildman–Crippen LogP) is 4.43. The zero-order valence-corrected chi connectivity index (χ0v) is 16.3. The molecule has 0 saturated carbocycles. The van der Waals surface area contributed by atoms with Gasteiger partial charge in [0.1, 0.15) is 12.4 Å². The van der Waals surface area contributed by atoms with Gasteiger partial charge in [-0.25, -0.2) is 15.0 Å². The van der Waals surface area contributed by atoms with Gasteiger partial charge in [-0.3, -0.25) is 0 Å². The zero-order chi connectivity index (χ0) is 21.3. The molecule has 0 aliphatic carbocycles. The fourth-order valence-electron chi connectivity index (χ4n) is 2.58. The Hall–Kier alpha value is -4.13. The lowest BCUT2D eigenvalue weighted by molar-refractivity contribution is 0.0697. The van der Waals surface area contributed by atoms with Gasteiger partial charge in [0.15, 0.2) is 0 Å². The van der Waals surface area contributed by atoms with Gasteiger partial charge in [-0.15, -0.1) is 0 Å². The Morgan fingerprint density at radius 2 is 1.70 bits per heavy atom. The molecular formula is C23H21N3O4. The Kier molecular flexibility index (Phi) is 6.78. The van der Waals surface area contributed by atoms with Crippen LogP contribution >= 0.6 is 0 Å². The number of para-hydroxylation sites is 1. The van der Waals surface area contributed by atoms with E-state index < -0.39 is 12.0 Å². The number of nitrogens with zero attached hydrogens (tertiary/aromatic N) is 1. The number of urea groups is 1. The van der Waals surface area contributed by atoms with Crippen LogP contribution in [0.5, 0.6) is 5.75 Å². The molecular weight excluding hydrogens is 382 g/mol. The number of hydrogen-bond acceptors (Lipinski definition) is 4. The molecule has 30 heavy (non-hydrogen) atoms.